The van der Waals surface area contributed by atoms with E-state index >= 15 is 0 Å². The molecule has 3 nitrogen and oxygen atoms in total. The van der Waals surface area contributed by atoms with Crippen molar-refractivity contribution in [2.24, 2.45) is 0 Å². The zero-order chi connectivity index (χ0) is 15.2. The minimum Gasteiger partial charge on any atom is -0.383 e. The highest BCUT2D eigenvalue weighted by molar-refractivity contribution is 9.10. The van der Waals surface area contributed by atoms with Gasteiger partial charge in [-0.2, -0.15) is 0 Å². The maximum absolute atomic E-state index is 6.27. The maximum Gasteiger partial charge on any atom is 0.138 e. The molecule has 4 heteroatoms. The molecule has 0 aromatic carbocycles. The monoisotopic (exact) mass is 351 g/mol. The van der Waals surface area contributed by atoms with E-state index in [4.69, 9.17) is 5.73 Å². The Morgan fingerprint density at radius 3 is 2.48 bits per heavy atom. The van der Waals surface area contributed by atoms with Crippen molar-refractivity contribution in [2.75, 3.05) is 5.73 Å². The van der Waals surface area contributed by atoms with E-state index in [1.165, 1.54) is 44.9 Å². The molecule has 2 aromatic rings. The summed E-state index contributed by atoms with van der Waals surface area (Å²) < 4.78 is 3.11. The first kappa shape index (κ1) is 16.3. The van der Waals surface area contributed by atoms with E-state index in [2.05, 4.69) is 34.8 Å². The summed E-state index contributed by atoms with van der Waals surface area (Å²) in [5.74, 6) is 0.801. The zero-order valence-corrected chi connectivity index (χ0v) is 14.7. The number of rotatable bonds is 8. The molecule has 2 aromatic heterocycles. The first-order chi connectivity index (χ1) is 10.1. The van der Waals surface area contributed by atoms with E-state index in [1.54, 1.807) is 0 Å². The molecule has 21 heavy (non-hydrogen) atoms. The number of fused-ring (bicyclic) bond motifs is 1. The molecule has 0 amide bonds. The van der Waals surface area contributed by atoms with E-state index in [-0.39, 0.29) is 0 Å². The summed E-state index contributed by atoms with van der Waals surface area (Å²) in [5, 5.41) is 0. The number of hydrogen-bond acceptors (Lipinski definition) is 2. The van der Waals surface area contributed by atoms with Crippen molar-refractivity contribution >= 4 is 27.4 Å². The molecular weight excluding hydrogens is 326 g/mol. The van der Waals surface area contributed by atoms with Crippen LogP contribution in [-0.2, 0) is 6.42 Å². The lowest BCUT2D eigenvalue weighted by Crippen LogP contribution is -2.00. The summed E-state index contributed by atoms with van der Waals surface area (Å²) >= 11 is 3.55. The van der Waals surface area contributed by atoms with E-state index in [1.807, 2.05) is 16.5 Å². The van der Waals surface area contributed by atoms with Gasteiger partial charge in [-0.05, 0) is 47.8 Å². The summed E-state index contributed by atoms with van der Waals surface area (Å²) in [6, 6.07) is 4.05. The number of imidazole rings is 1. The van der Waals surface area contributed by atoms with Crippen LogP contribution in [0, 0.1) is 6.92 Å². The SMILES string of the molecule is CCCCCCCCCc1nc2ccc(Br)c(C)n2c1N. The molecule has 0 unspecified atom stereocenters. The van der Waals surface area contributed by atoms with Gasteiger partial charge in [0.25, 0.3) is 0 Å². The molecule has 2 rings (SSSR count). The quantitative estimate of drug-likeness (QED) is 0.657. The number of aromatic nitrogens is 2. The number of aryl methyl sites for hydroxylation is 2. The van der Waals surface area contributed by atoms with Crippen molar-refractivity contribution in [2.45, 2.75) is 65.2 Å². The van der Waals surface area contributed by atoms with Crippen molar-refractivity contribution in [3.63, 3.8) is 0 Å². The topological polar surface area (TPSA) is 43.3 Å². The molecule has 0 saturated carbocycles. The molecule has 0 aliphatic rings. The van der Waals surface area contributed by atoms with Gasteiger partial charge in [0.1, 0.15) is 11.5 Å². The molecular formula is C17H26BrN3. The molecule has 0 aliphatic carbocycles. The van der Waals surface area contributed by atoms with Crippen LogP contribution in [0.4, 0.5) is 5.82 Å². The van der Waals surface area contributed by atoms with Crippen LogP contribution in [0.15, 0.2) is 16.6 Å². The molecule has 2 heterocycles. The Bertz CT molecular complexity index is 589. The normalized spacial score (nSPS) is 11.4. The van der Waals surface area contributed by atoms with Crippen LogP contribution < -0.4 is 5.73 Å². The third-order valence-electron chi connectivity index (χ3n) is 4.09. The molecule has 0 bridgehead atoms. The molecule has 0 radical (unpaired) electrons. The lowest BCUT2D eigenvalue weighted by atomic mass is 10.1. The van der Waals surface area contributed by atoms with Crippen LogP contribution in [0.25, 0.3) is 5.65 Å². The van der Waals surface area contributed by atoms with Crippen molar-refractivity contribution in [1.82, 2.24) is 9.38 Å². The highest BCUT2D eigenvalue weighted by atomic mass is 79.9. The second-order valence-electron chi connectivity index (χ2n) is 5.78. The Kier molecular flexibility index (Phi) is 6.09. The van der Waals surface area contributed by atoms with Gasteiger partial charge in [-0.3, -0.25) is 4.40 Å². The molecule has 0 fully saturated rings. The number of pyridine rings is 1. The largest absolute Gasteiger partial charge is 0.383 e. The van der Waals surface area contributed by atoms with Crippen LogP contribution in [0.3, 0.4) is 0 Å². The summed E-state index contributed by atoms with van der Waals surface area (Å²) in [5.41, 5.74) is 9.38. The van der Waals surface area contributed by atoms with Gasteiger partial charge in [0.15, 0.2) is 0 Å². The average Bonchev–Trinajstić information content (AvgIpc) is 2.79. The van der Waals surface area contributed by atoms with Gasteiger partial charge < -0.3 is 5.73 Å². The van der Waals surface area contributed by atoms with Gasteiger partial charge in [0.05, 0.1) is 5.69 Å². The minimum absolute atomic E-state index is 0.801. The van der Waals surface area contributed by atoms with Gasteiger partial charge >= 0.3 is 0 Å². The van der Waals surface area contributed by atoms with Crippen molar-refractivity contribution in [1.29, 1.82) is 0 Å². The van der Waals surface area contributed by atoms with Crippen molar-refractivity contribution in [3.8, 4) is 0 Å². The molecule has 2 N–H and O–H groups in total. The Balaban J connectivity index is 1.91. The smallest absolute Gasteiger partial charge is 0.138 e. The molecule has 0 spiro atoms. The van der Waals surface area contributed by atoms with Crippen molar-refractivity contribution in [3.05, 3.63) is 28.0 Å². The molecule has 0 saturated heterocycles. The van der Waals surface area contributed by atoms with E-state index < -0.39 is 0 Å². The van der Waals surface area contributed by atoms with Crippen LogP contribution in [-0.4, -0.2) is 9.38 Å². The highest BCUT2D eigenvalue weighted by Gasteiger charge is 2.11. The van der Waals surface area contributed by atoms with Gasteiger partial charge in [-0.25, -0.2) is 4.98 Å². The Hall–Kier alpha value is -1.03. The molecule has 0 aliphatic heterocycles. The fourth-order valence-electron chi connectivity index (χ4n) is 2.77. The van der Waals surface area contributed by atoms with Crippen molar-refractivity contribution < 1.29 is 0 Å². The first-order valence-electron chi connectivity index (χ1n) is 8.07. The summed E-state index contributed by atoms with van der Waals surface area (Å²) in [6.45, 7) is 4.32. The Morgan fingerprint density at radius 1 is 1.10 bits per heavy atom. The number of nitrogens with zero attached hydrogens (tertiary/aromatic N) is 2. The van der Waals surface area contributed by atoms with Gasteiger partial charge in [-0.1, -0.05) is 45.4 Å². The van der Waals surface area contributed by atoms with Gasteiger partial charge in [0, 0.05) is 10.2 Å². The van der Waals surface area contributed by atoms with Gasteiger partial charge in [0.2, 0.25) is 0 Å². The standard InChI is InChI=1S/C17H26BrN3/c1-3-4-5-6-7-8-9-10-15-17(19)21-13(2)14(18)11-12-16(21)20-15/h11-12H,3-10,19H2,1-2H3. The van der Waals surface area contributed by atoms with Crippen LogP contribution in [0.5, 0.6) is 0 Å². The minimum atomic E-state index is 0.801. The number of hydrogen-bond donors (Lipinski definition) is 1. The predicted molar refractivity (Wildman–Crippen MR) is 93.7 cm³/mol. The fraction of sp³-hybridized carbons (Fsp3) is 0.588. The third-order valence-corrected chi connectivity index (χ3v) is 4.93. The number of anilines is 1. The molecule has 116 valence electrons. The summed E-state index contributed by atoms with van der Waals surface area (Å²) in [7, 11) is 0. The molecule has 0 atom stereocenters. The summed E-state index contributed by atoms with van der Waals surface area (Å²) in [6.07, 6.45) is 10.2. The zero-order valence-electron chi connectivity index (χ0n) is 13.2. The Morgan fingerprint density at radius 2 is 1.76 bits per heavy atom. The predicted octanol–water partition coefficient (Wildman–Crippen LogP) is 5.28. The lowest BCUT2D eigenvalue weighted by Gasteiger charge is -2.04. The van der Waals surface area contributed by atoms with Crippen LogP contribution in [0.1, 0.15) is 63.3 Å². The Labute approximate surface area is 136 Å². The fourth-order valence-corrected chi connectivity index (χ4v) is 3.08. The number of unbranched alkanes of at least 4 members (excludes halogenated alkanes) is 6. The number of nitrogens with two attached hydrogens (primary N) is 1. The second-order valence-corrected chi connectivity index (χ2v) is 6.63. The number of nitrogen functional groups attached to an aromatic ring is 1. The maximum atomic E-state index is 6.27. The third kappa shape index (κ3) is 4.00. The van der Waals surface area contributed by atoms with E-state index in [0.717, 1.165) is 33.7 Å². The highest BCUT2D eigenvalue weighted by Crippen LogP contribution is 2.24. The van der Waals surface area contributed by atoms with E-state index in [0.29, 0.717) is 0 Å². The second kappa shape index (κ2) is 7.83. The number of halogens is 1. The van der Waals surface area contributed by atoms with Gasteiger partial charge in [-0.15, -0.1) is 0 Å². The average molecular weight is 352 g/mol. The van der Waals surface area contributed by atoms with E-state index in [9.17, 15) is 0 Å². The lowest BCUT2D eigenvalue weighted by molar-refractivity contribution is 0.588. The van der Waals surface area contributed by atoms with Crippen LogP contribution >= 0.6 is 15.9 Å². The first-order valence-corrected chi connectivity index (χ1v) is 8.86. The summed E-state index contributed by atoms with van der Waals surface area (Å²) in [4.78, 5) is 4.68. The van der Waals surface area contributed by atoms with Crippen LogP contribution in [0.2, 0.25) is 0 Å².